The summed E-state index contributed by atoms with van der Waals surface area (Å²) in [6.45, 7) is 11.6. The molecule has 1 aliphatic heterocycles. The number of piperazine rings is 1. The predicted molar refractivity (Wildman–Crippen MR) is 186 cm³/mol. The molecule has 3 aromatic heterocycles. The number of anilines is 1. The van der Waals surface area contributed by atoms with Gasteiger partial charge in [0, 0.05) is 54.6 Å². The van der Waals surface area contributed by atoms with E-state index in [2.05, 4.69) is 16.5 Å². The summed E-state index contributed by atoms with van der Waals surface area (Å²) in [5, 5.41) is 1.34. The minimum Gasteiger partial charge on any atom is -0.484 e. The van der Waals surface area contributed by atoms with Gasteiger partial charge in [-0.1, -0.05) is 42.4 Å². The fourth-order valence-electron chi connectivity index (χ4n) is 5.36. The van der Waals surface area contributed by atoms with Crippen LogP contribution in [0.3, 0.4) is 0 Å². The smallest absolute Gasteiger partial charge is 0.410 e. The van der Waals surface area contributed by atoms with Crippen molar-refractivity contribution in [3.8, 4) is 21.9 Å². The van der Waals surface area contributed by atoms with Crippen molar-refractivity contribution in [2.75, 3.05) is 31.1 Å². The minimum atomic E-state index is -0.708. The number of ether oxygens (including phenoxy) is 2. The molecule has 2 N–H and O–H groups in total. The van der Waals surface area contributed by atoms with E-state index in [1.165, 1.54) is 11.3 Å². The second-order valence-corrected chi connectivity index (χ2v) is 13.2. The van der Waals surface area contributed by atoms with Crippen molar-refractivity contribution in [2.45, 2.75) is 32.5 Å². The van der Waals surface area contributed by atoms with E-state index in [0.29, 0.717) is 41.8 Å². The monoisotopic (exact) mass is 670 g/mol. The first-order chi connectivity index (χ1) is 22.5. The predicted octanol–water partition coefficient (Wildman–Crippen LogP) is 7.26. The number of halogens is 1. The fraction of sp³-hybridized carbons (Fsp3) is 0.257. The summed E-state index contributed by atoms with van der Waals surface area (Å²) in [5.41, 5.74) is 9.42. The molecule has 12 heteroatoms. The first-order valence-electron chi connectivity index (χ1n) is 15.2. The summed E-state index contributed by atoms with van der Waals surface area (Å²) in [6.07, 6.45) is 4.47. The van der Waals surface area contributed by atoms with Gasteiger partial charge in [0.25, 0.3) is 5.91 Å². The van der Waals surface area contributed by atoms with Gasteiger partial charge in [-0.15, -0.1) is 11.3 Å². The van der Waals surface area contributed by atoms with Gasteiger partial charge in [0.1, 0.15) is 39.5 Å². The summed E-state index contributed by atoms with van der Waals surface area (Å²) in [5.74, 6) is 0.679. The van der Waals surface area contributed by atoms with E-state index in [9.17, 15) is 9.59 Å². The highest BCUT2D eigenvalue weighted by Crippen LogP contribution is 2.37. The molecule has 242 valence electrons. The lowest BCUT2D eigenvalue weighted by molar-refractivity contribution is 0.0401. The number of primary amides is 1. The Hall–Kier alpha value is -4.87. The molecule has 0 aliphatic carbocycles. The van der Waals surface area contributed by atoms with E-state index >= 15 is 0 Å². The van der Waals surface area contributed by atoms with Crippen molar-refractivity contribution < 1.29 is 19.1 Å². The van der Waals surface area contributed by atoms with Gasteiger partial charge in [-0.25, -0.2) is 14.8 Å². The Morgan fingerprint density at radius 2 is 1.79 bits per heavy atom. The molecule has 0 bridgehead atoms. The van der Waals surface area contributed by atoms with Crippen LogP contribution in [0, 0.1) is 0 Å². The maximum Gasteiger partial charge on any atom is 0.410 e. The molecule has 0 radical (unpaired) electrons. The van der Waals surface area contributed by atoms with Crippen molar-refractivity contribution in [2.24, 2.45) is 5.73 Å². The second-order valence-electron chi connectivity index (χ2n) is 11.8. The molecule has 1 atom stereocenters. The van der Waals surface area contributed by atoms with Crippen LogP contribution in [0.15, 0.2) is 85.8 Å². The number of carbonyl (C=O) groups excluding carboxylic acids is 2. The summed E-state index contributed by atoms with van der Waals surface area (Å²) >= 11 is 7.61. The normalized spacial score (nSPS) is 14.2. The van der Waals surface area contributed by atoms with Crippen molar-refractivity contribution in [3.63, 3.8) is 0 Å². The molecule has 1 fully saturated rings. The van der Waals surface area contributed by atoms with E-state index in [1.807, 2.05) is 80.1 Å². The van der Waals surface area contributed by atoms with E-state index in [1.54, 1.807) is 29.4 Å². The average molecular weight is 671 g/mol. The topological polar surface area (TPSA) is 116 Å². The maximum absolute atomic E-state index is 12.5. The Balaban J connectivity index is 1.16. The zero-order valence-electron chi connectivity index (χ0n) is 26.4. The van der Waals surface area contributed by atoms with Crippen LogP contribution in [0.2, 0.25) is 5.02 Å². The molecule has 0 spiro atoms. The standard InChI is InChI=1S/C35H35ClN6O4S/c1-5-35(3,4)46-34(44)41-16-14-40(15-17-41)30-13-11-24(20-38-30)23-10-12-28-27(18-23)39-21-42(28)31-19-29(32(47-31)33(37)43)45-22(2)25-8-6-7-9-26(25)36/h5-13,18-22H,1,14-17H2,2-4H3,(H2,37,43)/t22-/m1/s1. The van der Waals surface area contributed by atoms with Crippen LogP contribution in [-0.2, 0) is 4.74 Å². The third-order valence-corrected chi connectivity index (χ3v) is 9.60. The summed E-state index contributed by atoms with van der Waals surface area (Å²) in [4.78, 5) is 38.4. The van der Waals surface area contributed by atoms with E-state index in [-0.39, 0.29) is 6.09 Å². The van der Waals surface area contributed by atoms with E-state index < -0.39 is 17.6 Å². The number of nitrogens with two attached hydrogens (primary N) is 1. The number of hydrogen-bond acceptors (Lipinski definition) is 8. The third kappa shape index (κ3) is 6.81. The molecular weight excluding hydrogens is 636 g/mol. The number of aromatic nitrogens is 3. The van der Waals surface area contributed by atoms with Crippen molar-refractivity contribution in [1.82, 2.24) is 19.4 Å². The van der Waals surface area contributed by atoms with Gasteiger partial charge in [0.15, 0.2) is 0 Å². The molecule has 10 nitrogen and oxygen atoms in total. The second kappa shape index (κ2) is 13.1. The minimum absolute atomic E-state index is 0.321. The van der Waals surface area contributed by atoms with Crippen LogP contribution in [-0.4, -0.2) is 63.2 Å². The lowest BCUT2D eigenvalue weighted by Gasteiger charge is -2.36. The number of benzene rings is 2. The summed E-state index contributed by atoms with van der Waals surface area (Å²) in [7, 11) is 0. The number of thiophene rings is 1. The van der Waals surface area contributed by atoms with Crippen molar-refractivity contribution in [3.05, 3.63) is 101 Å². The zero-order chi connectivity index (χ0) is 33.3. The van der Waals surface area contributed by atoms with E-state index in [0.717, 1.165) is 38.5 Å². The van der Waals surface area contributed by atoms with Crippen LogP contribution < -0.4 is 15.4 Å². The van der Waals surface area contributed by atoms with Gasteiger partial charge in [-0.05, 0) is 62.7 Å². The van der Waals surface area contributed by atoms with E-state index in [4.69, 9.17) is 31.8 Å². The highest BCUT2D eigenvalue weighted by molar-refractivity contribution is 7.16. The first-order valence-corrected chi connectivity index (χ1v) is 16.4. The Morgan fingerprint density at radius 3 is 2.47 bits per heavy atom. The Labute approximate surface area is 282 Å². The highest BCUT2D eigenvalue weighted by atomic mass is 35.5. The molecule has 1 saturated heterocycles. The largest absolute Gasteiger partial charge is 0.484 e. The van der Waals surface area contributed by atoms with Crippen LogP contribution in [0.25, 0.3) is 27.2 Å². The van der Waals surface area contributed by atoms with Gasteiger partial charge < -0.3 is 25.0 Å². The summed E-state index contributed by atoms with van der Waals surface area (Å²) < 4.78 is 13.6. The molecule has 1 aliphatic rings. The first kappa shape index (κ1) is 32.1. The quantitative estimate of drug-likeness (QED) is 0.164. The molecule has 2 amide bonds. The number of rotatable bonds is 9. The molecule has 0 saturated carbocycles. The number of carbonyl (C=O) groups is 2. The number of nitrogens with zero attached hydrogens (tertiary/aromatic N) is 5. The van der Waals surface area contributed by atoms with Gasteiger partial charge in [0.05, 0.1) is 11.0 Å². The van der Waals surface area contributed by atoms with Crippen LogP contribution >= 0.6 is 22.9 Å². The SMILES string of the molecule is C=CC(C)(C)OC(=O)N1CCN(c2ccc(-c3ccc4c(c3)ncn4-c3cc(O[C@H](C)c4ccccc4Cl)c(C(N)=O)s3)cn2)CC1. The average Bonchev–Trinajstić information content (AvgIpc) is 3.69. The number of imidazole rings is 1. The Bertz CT molecular complexity index is 1950. The molecule has 47 heavy (non-hydrogen) atoms. The van der Waals surface area contributed by atoms with Gasteiger partial charge in [-0.3, -0.25) is 9.36 Å². The van der Waals surface area contributed by atoms with Crippen LogP contribution in [0.5, 0.6) is 5.75 Å². The van der Waals surface area contributed by atoms with Gasteiger partial charge >= 0.3 is 6.09 Å². The summed E-state index contributed by atoms with van der Waals surface area (Å²) in [6, 6.07) is 19.3. The molecule has 2 aromatic carbocycles. The van der Waals surface area contributed by atoms with Gasteiger partial charge in [0.2, 0.25) is 0 Å². The van der Waals surface area contributed by atoms with Gasteiger partial charge in [-0.2, -0.15) is 0 Å². The zero-order valence-corrected chi connectivity index (χ0v) is 27.9. The molecule has 4 heterocycles. The van der Waals surface area contributed by atoms with Crippen molar-refractivity contribution in [1.29, 1.82) is 0 Å². The molecular formula is C35H35ClN6O4S. The Kier molecular flexibility index (Phi) is 8.94. The number of hydrogen-bond donors (Lipinski definition) is 1. The lowest BCUT2D eigenvalue weighted by Crippen LogP contribution is -2.50. The number of pyridine rings is 1. The van der Waals surface area contributed by atoms with Crippen molar-refractivity contribution >= 4 is 51.8 Å². The maximum atomic E-state index is 12.5. The number of amides is 2. The molecule has 5 aromatic rings. The molecule has 6 rings (SSSR count). The van der Waals surface area contributed by atoms with Crippen LogP contribution in [0.1, 0.15) is 42.1 Å². The third-order valence-electron chi connectivity index (χ3n) is 8.13. The lowest BCUT2D eigenvalue weighted by atomic mass is 10.1. The Morgan fingerprint density at radius 1 is 1.04 bits per heavy atom. The van der Waals surface area contributed by atoms with Crippen LogP contribution in [0.4, 0.5) is 10.6 Å². The number of fused-ring (bicyclic) bond motifs is 1. The molecule has 0 unspecified atom stereocenters. The highest BCUT2D eigenvalue weighted by Gasteiger charge is 2.27. The fourth-order valence-corrected chi connectivity index (χ4v) is 6.58.